The van der Waals surface area contributed by atoms with Crippen molar-refractivity contribution < 1.29 is 10.3 Å². The summed E-state index contributed by atoms with van der Waals surface area (Å²) in [4.78, 5) is 0. The third kappa shape index (κ3) is 1.12. The maximum absolute atomic E-state index is 9.61. The highest BCUT2D eigenvalue weighted by molar-refractivity contribution is 5.86. The van der Waals surface area contributed by atoms with Crippen LogP contribution in [-0.2, 0) is 6.42 Å². The van der Waals surface area contributed by atoms with E-state index in [-0.39, 0.29) is 5.88 Å². The van der Waals surface area contributed by atoms with Crippen molar-refractivity contribution in [2.45, 2.75) is 6.42 Å². The predicted molar refractivity (Wildman–Crippen MR) is 53.5 cm³/mol. The first-order valence-electron chi connectivity index (χ1n) is 4.46. The van der Waals surface area contributed by atoms with Crippen LogP contribution in [0, 0.1) is 0 Å². The number of hydrogen-bond donors (Lipinski definition) is 3. The number of rotatable bonds is 2. The van der Waals surface area contributed by atoms with Gasteiger partial charge in [0.05, 0.1) is 5.52 Å². The first kappa shape index (κ1) is 8.90. The van der Waals surface area contributed by atoms with Crippen molar-refractivity contribution in [2.24, 2.45) is 5.73 Å². The standard InChI is InChI=1S/C10H12N2O2/c11-6-5-8-7-3-1-2-4-9(7)12(14)10(8)13/h1-4,13-14H,5-6,11H2. The van der Waals surface area contributed by atoms with Gasteiger partial charge in [-0.2, -0.15) is 4.73 Å². The van der Waals surface area contributed by atoms with E-state index in [0.29, 0.717) is 24.0 Å². The van der Waals surface area contributed by atoms with Crippen molar-refractivity contribution in [1.29, 1.82) is 0 Å². The number of aromatic hydroxyl groups is 1. The normalized spacial score (nSPS) is 10.9. The van der Waals surface area contributed by atoms with E-state index in [1.165, 1.54) is 0 Å². The number of nitrogens with zero attached hydrogens (tertiary/aromatic N) is 1. The van der Waals surface area contributed by atoms with Gasteiger partial charge in [-0.05, 0) is 19.0 Å². The third-order valence-electron chi connectivity index (χ3n) is 2.32. The zero-order chi connectivity index (χ0) is 10.1. The van der Waals surface area contributed by atoms with E-state index in [1.807, 2.05) is 12.1 Å². The molecular formula is C10H12N2O2. The lowest BCUT2D eigenvalue weighted by Crippen LogP contribution is -2.02. The van der Waals surface area contributed by atoms with Crippen LogP contribution in [0.3, 0.4) is 0 Å². The Morgan fingerprint density at radius 3 is 2.71 bits per heavy atom. The summed E-state index contributed by atoms with van der Waals surface area (Å²) in [7, 11) is 0. The number of benzene rings is 1. The van der Waals surface area contributed by atoms with Crippen LogP contribution in [0.5, 0.6) is 5.88 Å². The molecule has 1 heterocycles. The third-order valence-corrected chi connectivity index (χ3v) is 2.32. The van der Waals surface area contributed by atoms with Crippen LogP contribution in [0.15, 0.2) is 24.3 Å². The van der Waals surface area contributed by atoms with Gasteiger partial charge in [-0.1, -0.05) is 18.2 Å². The molecule has 14 heavy (non-hydrogen) atoms. The van der Waals surface area contributed by atoms with E-state index < -0.39 is 0 Å². The molecule has 2 rings (SSSR count). The molecule has 0 aliphatic heterocycles. The van der Waals surface area contributed by atoms with E-state index in [2.05, 4.69) is 0 Å². The van der Waals surface area contributed by atoms with Gasteiger partial charge in [0.15, 0.2) is 0 Å². The van der Waals surface area contributed by atoms with Gasteiger partial charge in [0.1, 0.15) is 0 Å². The monoisotopic (exact) mass is 192 g/mol. The maximum Gasteiger partial charge on any atom is 0.229 e. The van der Waals surface area contributed by atoms with Gasteiger partial charge in [0.25, 0.3) is 0 Å². The molecule has 0 saturated heterocycles. The molecule has 0 radical (unpaired) electrons. The van der Waals surface area contributed by atoms with Crippen molar-refractivity contribution in [3.05, 3.63) is 29.8 Å². The summed E-state index contributed by atoms with van der Waals surface area (Å²) in [6.07, 6.45) is 0.555. The summed E-state index contributed by atoms with van der Waals surface area (Å²) in [6, 6.07) is 7.27. The first-order valence-corrected chi connectivity index (χ1v) is 4.46. The highest BCUT2D eigenvalue weighted by Crippen LogP contribution is 2.29. The summed E-state index contributed by atoms with van der Waals surface area (Å²) in [5, 5.41) is 20.0. The molecule has 0 aliphatic carbocycles. The molecule has 0 atom stereocenters. The van der Waals surface area contributed by atoms with Gasteiger partial charge in [0, 0.05) is 10.9 Å². The minimum absolute atomic E-state index is 0.114. The molecule has 0 unspecified atom stereocenters. The van der Waals surface area contributed by atoms with E-state index in [1.54, 1.807) is 12.1 Å². The fourth-order valence-electron chi connectivity index (χ4n) is 1.67. The predicted octanol–water partition coefficient (Wildman–Crippen LogP) is 1.09. The number of para-hydroxylation sites is 1. The molecule has 1 aromatic carbocycles. The SMILES string of the molecule is NCCc1c(O)n(O)c2ccccc12. The largest absolute Gasteiger partial charge is 0.492 e. The minimum atomic E-state index is -0.114. The summed E-state index contributed by atoms with van der Waals surface area (Å²) in [5.41, 5.74) is 6.73. The number of aromatic nitrogens is 1. The van der Waals surface area contributed by atoms with Crippen LogP contribution in [0.4, 0.5) is 0 Å². The Hall–Kier alpha value is -1.68. The lowest BCUT2D eigenvalue weighted by atomic mass is 10.1. The molecule has 0 spiro atoms. The van der Waals surface area contributed by atoms with Gasteiger partial charge >= 0.3 is 0 Å². The molecule has 74 valence electrons. The second-order valence-electron chi connectivity index (χ2n) is 3.17. The van der Waals surface area contributed by atoms with E-state index in [9.17, 15) is 10.3 Å². The summed E-state index contributed by atoms with van der Waals surface area (Å²) in [6.45, 7) is 0.446. The summed E-state index contributed by atoms with van der Waals surface area (Å²) in [5.74, 6) is -0.114. The molecule has 0 amide bonds. The van der Waals surface area contributed by atoms with Crippen molar-refractivity contribution in [3.8, 4) is 5.88 Å². The Morgan fingerprint density at radius 1 is 1.29 bits per heavy atom. The van der Waals surface area contributed by atoms with Gasteiger partial charge in [-0.25, -0.2) is 0 Å². The van der Waals surface area contributed by atoms with Crippen molar-refractivity contribution in [3.63, 3.8) is 0 Å². The molecule has 1 aromatic heterocycles. The Morgan fingerprint density at radius 2 is 2.00 bits per heavy atom. The quantitative estimate of drug-likeness (QED) is 0.623. The second-order valence-corrected chi connectivity index (χ2v) is 3.17. The van der Waals surface area contributed by atoms with Crippen molar-refractivity contribution in [1.82, 2.24) is 4.73 Å². The lowest BCUT2D eigenvalue weighted by molar-refractivity contribution is 0.166. The number of nitrogens with two attached hydrogens (primary N) is 1. The van der Waals surface area contributed by atoms with Gasteiger partial charge in [-0.3, -0.25) is 0 Å². The van der Waals surface area contributed by atoms with E-state index in [4.69, 9.17) is 5.73 Å². The van der Waals surface area contributed by atoms with Crippen LogP contribution < -0.4 is 5.73 Å². The highest BCUT2D eigenvalue weighted by atomic mass is 16.5. The summed E-state index contributed by atoms with van der Waals surface area (Å²) >= 11 is 0. The Kier molecular flexibility index (Phi) is 2.05. The molecule has 0 saturated carbocycles. The van der Waals surface area contributed by atoms with Crippen LogP contribution in [0.1, 0.15) is 5.56 Å². The zero-order valence-corrected chi connectivity index (χ0v) is 7.64. The molecular weight excluding hydrogens is 180 g/mol. The van der Waals surface area contributed by atoms with Crippen LogP contribution in [0.25, 0.3) is 10.9 Å². The van der Waals surface area contributed by atoms with Crippen molar-refractivity contribution >= 4 is 10.9 Å². The maximum atomic E-state index is 9.61. The molecule has 4 heteroatoms. The highest BCUT2D eigenvalue weighted by Gasteiger charge is 2.14. The lowest BCUT2D eigenvalue weighted by Gasteiger charge is -1.96. The Balaban J connectivity index is 2.74. The smallest absolute Gasteiger partial charge is 0.229 e. The molecule has 0 aliphatic rings. The second kappa shape index (κ2) is 3.23. The molecule has 2 aromatic rings. The van der Waals surface area contributed by atoms with Gasteiger partial charge in [0.2, 0.25) is 5.88 Å². The Labute approximate surface area is 81.1 Å². The van der Waals surface area contributed by atoms with Gasteiger partial charge < -0.3 is 16.0 Å². The van der Waals surface area contributed by atoms with E-state index in [0.717, 1.165) is 10.1 Å². The van der Waals surface area contributed by atoms with Crippen LogP contribution >= 0.6 is 0 Å². The molecule has 0 fully saturated rings. The topological polar surface area (TPSA) is 71.4 Å². The fraction of sp³-hybridized carbons (Fsp3) is 0.200. The van der Waals surface area contributed by atoms with Gasteiger partial charge in [-0.15, -0.1) is 0 Å². The summed E-state index contributed by atoms with van der Waals surface area (Å²) < 4.78 is 0.792. The fourth-order valence-corrected chi connectivity index (χ4v) is 1.67. The number of fused-ring (bicyclic) bond motifs is 1. The number of hydrogen-bond acceptors (Lipinski definition) is 3. The van der Waals surface area contributed by atoms with Crippen LogP contribution in [-0.4, -0.2) is 21.6 Å². The zero-order valence-electron chi connectivity index (χ0n) is 7.64. The Bertz CT molecular complexity index is 462. The molecule has 4 N–H and O–H groups in total. The average molecular weight is 192 g/mol. The molecule has 0 bridgehead atoms. The minimum Gasteiger partial charge on any atom is -0.492 e. The average Bonchev–Trinajstić information content (AvgIpc) is 2.45. The van der Waals surface area contributed by atoms with Crippen molar-refractivity contribution in [2.75, 3.05) is 6.54 Å². The first-order chi connectivity index (χ1) is 6.75. The van der Waals surface area contributed by atoms with Crippen LogP contribution in [0.2, 0.25) is 0 Å². The van der Waals surface area contributed by atoms with E-state index >= 15 is 0 Å². The molecule has 4 nitrogen and oxygen atoms in total.